The molecule has 0 saturated carbocycles. The van der Waals surface area contributed by atoms with E-state index < -0.39 is 12.2 Å². The van der Waals surface area contributed by atoms with Gasteiger partial charge in [0.2, 0.25) is 0 Å². The summed E-state index contributed by atoms with van der Waals surface area (Å²) in [5.74, 6) is 1.23. The summed E-state index contributed by atoms with van der Waals surface area (Å²) < 4.78 is 6.99. The van der Waals surface area contributed by atoms with Crippen molar-refractivity contribution in [3.63, 3.8) is 0 Å². The fourth-order valence-corrected chi connectivity index (χ4v) is 2.91. The van der Waals surface area contributed by atoms with Gasteiger partial charge in [-0.15, -0.1) is 10.2 Å². The number of hydrogen-bond acceptors (Lipinski definition) is 5. The molecular formula is C13H19N5O3. The third-order valence-corrected chi connectivity index (χ3v) is 4.11. The Bertz CT molecular complexity index is 536. The monoisotopic (exact) mass is 293 g/mol. The van der Waals surface area contributed by atoms with Crippen LogP contribution in [-0.4, -0.2) is 57.4 Å². The molecule has 114 valence electrons. The van der Waals surface area contributed by atoms with Crippen molar-refractivity contribution in [2.24, 2.45) is 0 Å². The van der Waals surface area contributed by atoms with E-state index in [0.29, 0.717) is 19.0 Å². The molecule has 2 aliphatic heterocycles. The van der Waals surface area contributed by atoms with Gasteiger partial charge in [-0.25, -0.2) is 4.79 Å². The summed E-state index contributed by atoms with van der Waals surface area (Å²) in [5.41, 5.74) is 0. The van der Waals surface area contributed by atoms with E-state index in [1.165, 1.54) is 0 Å². The van der Waals surface area contributed by atoms with E-state index in [-0.39, 0.29) is 12.5 Å². The van der Waals surface area contributed by atoms with Gasteiger partial charge in [-0.2, -0.15) is 0 Å². The molecule has 8 heteroatoms. The summed E-state index contributed by atoms with van der Waals surface area (Å²) in [6.07, 6.45) is 2.28. The van der Waals surface area contributed by atoms with Gasteiger partial charge < -0.3 is 19.5 Å². The number of carbonyl (C=O) groups is 2. The summed E-state index contributed by atoms with van der Waals surface area (Å²) in [6.45, 7) is 4.50. The first-order chi connectivity index (χ1) is 10.2. The van der Waals surface area contributed by atoms with E-state index in [0.717, 1.165) is 25.2 Å². The Morgan fingerprint density at radius 3 is 2.86 bits per heavy atom. The Morgan fingerprint density at radius 1 is 1.48 bits per heavy atom. The van der Waals surface area contributed by atoms with Gasteiger partial charge >= 0.3 is 6.09 Å². The number of cyclic esters (lactones) is 1. The van der Waals surface area contributed by atoms with Gasteiger partial charge in [-0.1, -0.05) is 0 Å². The van der Waals surface area contributed by atoms with Crippen molar-refractivity contribution in [3.8, 4) is 0 Å². The molecule has 3 heterocycles. The van der Waals surface area contributed by atoms with E-state index in [2.05, 4.69) is 22.4 Å². The number of likely N-dealkylation sites (tertiary alicyclic amines) is 1. The number of piperidine rings is 1. The zero-order valence-corrected chi connectivity index (χ0v) is 12.0. The third kappa shape index (κ3) is 2.70. The van der Waals surface area contributed by atoms with Gasteiger partial charge in [0.1, 0.15) is 12.2 Å². The first-order valence-electron chi connectivity index (χ1n) is 7.30. The molecule has 1 aromatic heterocycles. The predicted octanol–water partition coefficient (Wildman–Crippen LogP) is 0.112. The first kappa shape index (κ1) is 13.8. The lowest BCUT2D eigenvalue weighted by atomic mass is 9.95. The van der Waals surface area contributed by atoms with Gasteiger partial charge in [0.05, 0.1) is 6.54 Å². The molecule has 1 N–H and O–H groups in total. The fraction of sp³-hybridized carbons (Fsp3) is 0.692. The van der Waals surface area contributed by atoms with Gasteiger partial charge in [0, 0.05) is 25.6 Å². The lowest BCUT2D eigenvalue weighted by molar-refractivity contribution is -0.139. The molecule has 2 saturated heterocycles. The topological polar surface area (TPSA) is 89.4 Å². The summed E-state index contributed by atoms with van der Waals surface area (Å²) in [7, 11) is 0. The molecule has 0 spiro atoms. The maximum absolute atomic E-state index is 12.2. The number of aryl methyl sites for hydroxylation is 1. The van der Waals surface area contributed by atoms with Crippen LogP contribution in [0.15, 0.2) is 6.33 Å². The second-order valence-corrected chi connectivity index (χ2v) is 5.35. The van der Waals surface area contributed by atoms with E-state index >= 15 is 0 Å². The van der Waals surface area contributed by atoms with Gasteiger partial charge in [0.15, 0.2) is 6.10 Å². The van der Waals surface area contributed by atoms with E-state index in [1.807, 2.05) is 4.57 Å². The Balaban J connectivity index is 1.58. The summed E-state index contributed by atoms with van der Waals surface area (Å²) >= 11 is 0. The molecule has 0 aliphatic carbocycles. The van der Waals surface area contributed by atoms with Gasteiger partial charge in [-0.3, -0.25) is 4.79 Å². The molecule has 2 fully saturated rings. The molecule has 2 amide bonds. The van der Waals surface area contributed by atoms with Crippen LogP contribution in [0.5, 0.6) is 0 Å². The highest BCUT2D eigenvalue weighted by molar-refractivity contribution is 5.86. The minimum Gasteiger partial charge on any atom is -0.434 e. The van der Waals surface area contributed by atoms with Gasteiger partial charge in [0.25, 0.3) is 5.91 Å². The summed E-state index contributed by atoms with van der Waals surface area (Å²) in [6, 6.07) is 0. The largest absolute Gasteiger partial charge is 0.434 e. The molecule has 0 aromatic carbocycles. The Hall–Kier alpha value is -2.12. The van der Waals surface area contributed by atoms with Crippen LogP contribution in [0.2, 0.25) is 0 Å². The van der Waals surface area contributed by atoms with Crippen LogP contribution in [0, 0.1) is 0 Å². The molecule has 0 radical (unpaired) electrons. The third-order valence-electron chi connectivity index (χ3n) is 4.11. The van der Waals surface area contributed by atoms with Crippen molar-refractivity contribution in [2.75, 3.05) is 19.6 Å². The SMILES string of the molecule is CCn1cnnc1C1CCN(C(=O)[C@@H]2CNC(=O)O2)CC1. The molecular weight excluding hydrogens is 274 g/mol. The number of aromatic nitrogens is 3. The van der Waals surface area contributed by atoms with E-state index in [1.54, 1.807) is 11.2 Å². The Kier molecular flexibility index (Phi) is 3.76. The molecule has 1 aromatic rings. The minimum atomic E-state index is -0.673. The number of ether oxygens (including phenoxy) is 1. The van der Waals surface area contributed by atoms with Crippen LogP contribution in [-0.2, 0) is 16.1 Å². The molecule has 21 heavy (non-hydrogen) atoms. The zero-order valence-electron chi connectivity index (χ0n) is 12.0. The predicted molar refractivity (Wildman–Crippen MR) is 72.5 cm³/mol. The molecule has 8 nitrogen and oxygen atoms in total. The smallest absolute Gasteiger partial charge is 0.408 e. The number of amides is 2. The van der Waals surface area contributed by atoms with Crippen LogP contribution >= 0.6 is 0 Å². The number of nitrogens with zero attached hydrogens (tertiary/aromatic N) is 4. The highest BCUT2D eigenvalue weighted by Gasteiger charge is 2.35. The van der Waals surface area contributed by atoms with E-state index in [4.69, 9.17) is 4.74 Å². The number of alkyl carbamates (subject to hydrolysis) is 1. The van der Waals surface area contributed by atoms with Crippen molar-refractivity contribution >= 4 is 12.0 Å². The zero-order chi connectivity index (χ0) is 14.8. The highest BCUT2D eigenvalue weighted by Crippen LogP contribution is 2.27. The van der Waals surface area contributed by atoms with Crippen molar-refractivity contribution in [1.29, 1.82) is 0 Å². The molecule has 2 aliphatic rings. The second kappa shape index (κ2) is 5.71. The second-order valence-electron chi connectivity index (χ2n) is 5.35. The quantitative estimate of drug-likeness (QED) is 0.854. The van der Waals surface area contributed by atoms with Crippen molar-refractivity contribution < 1.29 is 14.3 Å². The molecule has 1 atom stereocenters. The van der Waals surface area contributed by atoms with E-state index in [9.17, 15) is 9.59 Å². The van der Waals surface area contributed by atoms with Crippen molar-refractivity contribution in [1.82, 2.24) is 25.0 Å². The van der Waals surface area contributed by atoms with Crippen LogP contribution in [0.1, 0.15) is 31.5 Å². The van der Waals surface area contributed by atoms with Gasteiger partial charge in [-0.05, 0) is 19.8 Å². The molecule has 3 rings (SSSR count). The average Bonchev–Trinajstić information content (AvgIpc) is 3.15. The Labute approximate surface area is 122 Å². The maximum Gasteiger partial charge on any atom is 0.408 e. The van der Waals surface area contributed by atoms with Crippen LogP contribution in [0.3, 0.4) is 0 Å². The first-order valence-corrected chi connectivity index (χ1v) is 7.30. The van der Waals surface area contributed by atoms with Crippen LogP contribution in [0.25, 0.3) is 0 Å². The number of carbonyl (C=O) groups excluding carboxylic acids is 2. The molecule has 0 unspecified atom stereocenters. The lowest BCUT2D eigenvalue weighted by Crippen LogP contribution is -2.44. The summed E-state index contributed by atoms with van der Waals surface area (Å²) in [4.78, 5) is 25.0. The van der Waals surface area contributed by atoms with Crippen molar-refractivity contribution in [2.45, 2.75) is 38.3 Å². The normalized spacial score (nSPS) is 23.0. The highest BCUT2D eigenvalue weighted by atomic mass is 16.6. The molecule has 0 bridgehead atoms. The number of rotatable bonds is 3. The van der Waals surface area contributed by atoms with Crippen LogP contribution in [0.4, 0.5) is 4.79 Å². The maximum atomic E-state index is 12.2. The summed E-state index contributed by atoms with van der Waals surface area (Å²) in [5, 5.41) is 10.7. The van der Waals surface area contributed by atoms with Crippen LogP contribution < -0.4 is 5.32 Å². The standard InChI is InChI=1S/C13H19N5O3/c1-2-17-8-15-16-11(17)9-3-5-18(6-4-9)12(19)10-7-14-13(20)21-10/h8-10H,2-7H2,1H3,(H,14,20)/t10-/m0/s1. The van der Waals surface area contributed by atoms with Crippen molar-refractivity contribution in [3.05, 3.63) is 12.2 Å². The Morgan fingerprint density at radius 2 is 2.24 bits per heavy atom. The number of nitrogens with one attached hydrogen (secondary N) is 1. The number of hydrogen-bond donors (Lipinski definition) is 1. The minimum absolute atomic E-state index is 0.108. The fourth-order valence-electron chi connectivity index (χ4n) is 2.91. The average molecular weight is 293 g/mol. The lowest BCUT2D eigenvalue weighted by Gasteiger charge is -2.32.